The first-order valence-corrected chi connectivity index (χ1v) is 10.8. The molecule has 8 heteroatoms. The van der Waals surface area contributed by atoms with Gasteiger partial charge in [-0.15, -0.1) is 0 Å². The van der Waals surface area contributed by atoms with Gasteiger partial charge in [0, 0.05) is 23.2 Å². The predicted molar refractivity (Wildman–Crippen MR) is 124 cm³/mol. The predicted octanol–water partition coefficient (Wildman–Crippen LogP) is 5.86. The largest absolute Gasteiger partial charge is 0.444 e. The molecule has 3 aromatic rings. The first-order valence-electron chi connectivity index (χ1n) is 9.87. The van der Waals surface area contributed by atoms with E-state index >= 15 is 0 Å². The fourth-order valence-corrected chi connectivity index (χ4v) is 3.65. The zero-order valence-corrected chi connectivity index (χ0v) is 18.7. The summed E-state index contributed by atoms with van der Waals surface area (Å²) in [6, 6.07) is 14.4. The Morgan fingerprint density at radius 2 is 1.68 bits per heavy atom. The zero-order chi connectivity index (χ0) is 22.4. The summed E-state index contributed by atoms with van der Waals surface area (Å²) in [6.45, 7) is 7.45. The number of amides is 2. The van der Waals surface area contributed by atoms with Gasteiger partial charge in [0.25, 0.3) is 5.91 Å². The molecule has 2 aromatic carbocycles. The van der Waals surface area contributed by atoms with Crippen LogP contribution in [0.4, 0.5) is 16.2 Å². The quantitative estimate of drug-likeness (QED) is 0.419. The molecule has 1 aromatic heterocycles. The number of hydrogen-bond acceptors (Lipinski definition) is 5. The standard InChI is InChI=1S/C23H26N4O3S/c1-15(31-21-24-13-14-25-21)16-9-11-17(12-10-16)20(28)26-18-7-5-6-8-19(18)27-22(29)30-23(2,3)4/h5-15H,1-4H3,(H,24,25)(H,26,28)(H,27,29). The summed E-state index contributed by atoms with van der Waals surface area (Å²) in [5, 5.41) is 6.56. The van der Waals surface area contributed by atoms with E-state index in [2.05, 4.69) is 27.5 Å². The highest BCUT2D eigenvalue weighted by Gasteiger charge is 2.18. The molecular formula is C23H26N4O3S. The van der Waals surface area contributed by atoms with Gasteiger partial charge in [-0.05, 0) is 57.5 Å². The van der Waals surface area contributed by atoms with Gasteiger partial charge in [-0.2, -0.15) is 0 Å². The van der Waals surface area contributed by atoms with E-state index in [1.807, 2.05) is 12.1 Å². The number of benzene rings is 2. The molecular weight excluding hydrogens is 412 g/mol. The first-order chi connectivity index (χ1) is 14.7. The molecule has 0 saturated carbocycles. The highest BCUT2D eigenvalue weighted by atomic mass is 32.2. The molecule has 1 unspecified atom stereocenters. The molecule has 2 amide bonds. The van der Waals surface area contributed by atoms with Gasteiger partial charge >= 0.3 is 6.09 Å². The average molecular weight is 439 g/mol. The molecule has 0 bridgehead atoms. The van der Waals surface area contributed by atoms with Crippen LogP contribution in [-0.4, -0.2) is 27.6 Å². The van der Waals surface area contributed by atoms with Gasteiger partial charge in [-0.1, -0.05) is 36.0 Å². The van der Waals surface area contributed by atoms with Gasteiger partial charge < -0.3 is 15.0 Å². The van der Waals surface area contributed by atoms with Crippen LogP contribution in [0.5, 0.6) is 0 Å². The van der Waals surface area contributed by atoms with Crippen LogP contribution in [0.25, 0.3) is 0 Å². The van der Waals surface area contributed by atoms with Gasteiger partial charge in [-0.25, -0.2) is 9.78 Å². The monoisotopic (exact) mass is 438 g/mol. The van der Waals surface area contributed by atoms with Crippen LogP contribution in [-0.2, 0) is 4.74 Å². The lowest BCUT2D eigenvalue weighted by molar-refractivity contribution is 0.0635. The number of rotatable bonds is 6. The summed E-state index contributed by atoms with van der Waals surface area (Å²) < 4.78 is 5.29. The van der Waals surface area contributed by atoms with Crippen molar-refractivity contribution < 1.29 is 14.3 Å². The second-order valence-electron chi connectivity index (χ2n) is 7.90. The Hall–Kier alpha value is -3.26. The second kappa shape index (κ2) is 9.70. The molecule has 0 radical (unpaired) electrons. The van der Waals surface area contributed by atoms with E-state index in [4.69, 9.17) is 4.74 Å². The van der Waals surface area contributed by atoms with Gasteiger partial charge in [0.15, 0.2) is 5.16 Å². The van der Waals surface area contributed by atoms with Crippen molar-refractivity contribution in [2.75, 3.05) is 10.6 Å². The van der Waals surface area contributed by atoms with Gasteiger partial charge in [-0.3, -0.25) is 10.1 Å². The minimum atomic E-state index is -0.615. The Morgan fingerprint density at radius 1 is 1.03 bits per heavy atom. The Labute approximate surface area is 186 Å². The van der Waals surface area contributed by atoms with Crippen molar-refractivity contribution in [2.45, 2.75) is 43.7 Å². The van der Waals surface area contributed by atoms with Crippen LogP contribution < -0.4 is 10.6 Å². The molecule has 0 aliphatic carbocycles. The fraction of sp³-hybridized carbons (Fsp3) is 0.261. The van der Waals surface area contributed by atoms with Crippen LogP contribution in [0, 0.1) is 0 Å². The number of aromatic amines is 1. The third kappa shape index (κ3) is 6.62. The number of anilines is 2. The molecule has 1 heterocycles. The Kier molecular flexibility index (Phi) is 7.02. The van der Waals surface area contributed by atoms with Gasteiger partial charge in [0.05, 0.1) is 11.4 Å². The zero-order valence-electron chi connectivity index (χ0n) is 17.9. The second-order valence-corrected chi connectivity index (χ2v) is 9.23. The highest BCUT2D eigenvalue weighted by Crippen LogP contribution is 2.32. The van der Waals surface area contributed by atoms with Crippen molar-refractivity contribution in [3.05, 3.63) is 72.1 Å². The van der Waals surface area contributed by atoms with E-state index in [0.29, 0.717) is 16.9 Å². The normalized spacial score (nSPS) is 12.1. The summed E-state index contributed by atoms with van der Waals surface area (Å²) >= 11 is 1.61. The van der Waals surface area contributed by atoms with E-state index < -0.39 is 11.7 Å². The molecule has 7 nitrogen and oxygen atoms in total. The average Bonchev–Trinajstić information content (AvgIpc) is 3.21. The third-order valence-corrected chi connectivity index (χ3v) is 5.29. The van der Waals surface area contributed by atoms with E-state index in [1.54, 1.807) is 81.3 Å². The number of H-pyrrole nitrogens is 1. The van der Waals surface area contributed by atoms with Crippen LogP contribution in [0.1, 0.15) is 48.9 Å². The lowest BCUT2D eigenvalue weighted by atomic mass is 10.1. The topological polar surface area (TPSA) is 96.1 Å². The minimum Gasteiger partial charge on any atom is -0.444 e. The highest BCUT2D eigenvalue weighted by molar-refractivity contribution is 7.99. The smallest absolute Gasteiger partial charge is 0.412 e. The van der Waals surface area contributed by atoms with Gasteiger partial charge in [0.1, 0.15) is 5.60 Å². The maximum Gasteiger partial charge on any atom is 0.412 e. The maximum absolute atomic E-state index is 12.7. The number of carbonyl (C=O) groups excluding carboxylic acids is 2. The lowest BCUT2D eigenvalue weighted by Crippen LogP contribution is -2.27. The van der Waals surface area contributed by atoms with Crippen molar-refractivity contribution >= 4 is 35.1 Å². The molecule has 3 N–H and O–H groups in total. The summed E-state index contributed by atoms with van der Waals surface area (Å²) in [7, 11) is 0. The molecule has 1 atom stereocenters. The van der Waals surface area contributed by atoms with Gasteiger partial charge in [0.2, 0.25) is 0 Å². The molecule has 31 heavy (non-hydrogen) atoms. The Balaban J connectivity index is 1.65. The molecule has 0 spiro atoms. The van der Waals surface area contributed by atoms with Crippen molar-refractivity contribution in [3.63, 3.8) is 0 Å². The molecule has 0 saturated heterocycles. The van der Waals surface area contributed by atoms with E-state index in [9.17, 15) is 9.59 Å². The number of nitrogens with zero attached hydrogens (tertiary/aromatic N) is 1. The van der Waals surface area contributed by atoms with Crippen molar-refractivity contribution in [1.29, 1.82) is 0 Å². The van der Waals surface area contributed by atoms with Crippen LogP contribution >= 0.6 is 11.8 Å². The SMILES string of the molecule is CC(Sc1ncc[nH]1)c1ccc(C(=O)Nc2ccccc2NC(=O)OC(C)(C)C)cc1. The van der Waals surface area contributed by atoms with E-state index in [1.165, 1.54) is 0 Å². The van der Waals surface area contributed by atoms with E-state index in [0.717, 1.165) is 10.7 Å². The summed E-state index contributed by atoms with van der Waals surface area (Å²) in [5.74, 6) is -0.267. The number of carbonyl (C=O) groups is 2. The van der Waals surface area contributed by atoms with Crippen LogP contribution in [0.15, 0.2) is 66.1 Å². The van der Waals surface area contributed by atoms with Crippen molar-refractivity contribution in [3.8, 4) is 0 Å². The Morgan fingerprint density at radius 3 is 2.26 bits per heavy atom. The molecule has 162 valence electrons. The maximum atomic E-state index is 12.7. The molecule has 0 fully saturated rings. The number of imidazole rings is 1. The molecule has 0 aliphatic rings. The summed E-state index contributed by atoms with van der Waals surface area (Å²) in [5.41, 5.74) is 1.95. The van der Waals surface area contributed by atoms with Crippen LogP contribution in [0.2, 0.25) is 0 Å². The molecule has 3 rings (SSSR count). The minimum absolute atomic E-state index is 0.182. The number of hydrogen-bond donors (Lipinski definition) is 3. The number of ether oxygens (including phenoxy) is 1. The number of thioether (sulfide) groups is 1. The summed E-state index contributed by atoms with van der Waals surface area (Å²) in [4.78, 5) is 32.1. The lowest BCUT2D eigenvalue weighted by Gasteiger charge is -2.20. The summed E-state index contributed by atoms with van der Waals surface area (Å²) in [6.07, 6.45) is 2.93. The van der Waals surface area contributed by atoms with Crippen LogP contribution in [0.3, 0.4) is 0 Å². The number of nitrogens with one attached hydrogen (secondary N) is 3. The van der Waals surface area contributed by atoms with Crippen molar-refractivity contribution in [2.24, 2.45) is 0 Å². The third-order valence-electron chi connectivity index (χ3n) is 4.21. The van der Waals surface area contributed by atoms with E-state index in [-0.39, 0.29) is 11.2 Å². The molecule has 0 aliphatic heterocycles. The Bertz CT molecular complexity index is 1030. The number of para-hydroxylation sites is 2. The fourth-order valence-electron chi connectivity index (χ4n) is 2.77. The van der Waals surface area contributed by atoms with Crippen molar-refractivity contribution in [1.82, 2.24) is 9.97 Å². The first kappa shape index (κ1) is 22.4. The number of aromatic nitrogens is 2.